The number of furan rings is 1. The number of aromatic nitrogens is 1. The number of benzene rings is 3. The third-order valence-electron chi connectivity index (χ3n) is 4.83. The van der Waals surface area contributed by atoms with Gasteiger partial charge in [-0.05, 0) is 31.5 Å². The number of nitrogens with zero attached hydrogens (tertiary/aromatic N) is 2. The number of aliphatic hydroxyl groups is 1. The largest absolute Gasteiger partial charge is 0.512 e. The van der Waals surface area contributed by atoms with Crippen LogP contribution in [0.2, 0.25) is 0 Å². The summed E-state index contributed by atoms with van der Waals surface area (Å²) in [6, 6.07) is 26.7. The normalized spacial score (nSPS) is 10.9. The Kier molecular flexibility index (Phi) is 7.40. The molecule has 0 unspecified atom stereocenters. The van der Waals surface area contributed by atoms with E-state index in [0.29, 0.717) is 5.56 Å². The fraction of sp³-hybridized carbons (Fsp3) is 0.0741. The molecule has 0 aliphatic carbocycles. The Morgan fingerprint density at radius 2 is 1.76 bits per heavy atom. The van der Waals surface area contributed by atoms with Crippen LogP contribution < -0.4 is 0 Å². The maximum atomic E-state index is 10.0. The van der Waals surface area contributed by atoms with Gasteiger partial charge in [0.25, 0.3) is 0 Å². The first-order valence-electron chi connectivity index (χ1n) is 9.98. The second-order valence-electron chi connectivity index (χ2n) is 7.28. The first kappa shape index (κ1) is 23.9. The summed E-state index contributed by atoms with van der Waals surface area (Å²) in [5, 5.41) is 20.6. The Balaban J connectivity index is 0.000000337. The zero-order valence-corrected chi connectivity index (χ0v) is 20.3. The molecule has 0 aliphatic heterocycles. The summed E-state index contributed by atoms with van der Waals surface area (Å²) in [4.78, 5) is 14.8. The van der Waals surface area contributed by atoms with Gasteiger partial charge in [-0.3, -0.25) is 9.78 Å². The molecule has 33 heavy (non-hydrogen) atoms. The SMILES string of the molecule is CC(=O)/C=C(/C)O.N#Cc1c[c-]c(-c2nc3ccccc3c3c2oc2ccccc23)cc1.[Ir]. The van der Waals surface area contributed by atoms with Gasteiger partial charge in [-0.1, -0.05) is 36.4 Å². The molecule has 165 valence electrons. The van der Waals surface area contributed by atoms with Crippen molar-refractivity contribution in [1.82, 2.24) is 4.98 Å². The van der Waals surface area contributed by atoms with Gasteiger partial charge in [-0.25, -0.2) is 5.26 Å². The van der Waals surface area contributed by atoms with Crippen LogP contribution in [0.5, 0.6) is 0 Å². The van der Waals surface area contributed by atoms with Crippen molar-refractivity contribution in [3.8, 4) is 17.3 Å². The van der Waals surface area contributed by atoms with Crippen molar-refractivity contribution in [2.24, 2.45) is 0 Å². The third kappa shape index (κ3) is 5.01. The molecule has 5 aromatic rings. The van der Waals surface area contributed by atoms with E-state index in [1.54, 1.807) is 12.1 Å². The van der Waals surface area contributed by atoms with Gasteiger partial charge in [-0.15, -0.1) is 29.8 Å². The number of aliphatic hydroxyl groups excluding tert-OH is 1. The minimum Gasteiger partial charge on any atom is -0.512 e. The van der Waals surface area contributed by atoms with Crippen LogP contribution in [0.4, 0.5) is 0 Å². The van der Waals surface area contributed by atoms with E-state index in [2.05, 4.69) is 24.3 Å². The summed E-state index contributed by atoms with van der Waals surface area (Å²) in [6.45, 7) is 2.85. The molecule has 0 saturated heterocycles. The molecule has 1 N–H and O–H groups in total. The Bertz CT molecular complexity index is 1520. The molecular formula is C27H19IrN2O3-. The van der Waals surface area contributed by atoms with E-state index in [0.717, 1.165) is 44.1 Å². The molecule has 0 amide bonds. The molecule has 0 fully saturated rings. The maximum Gasteiger partial charge on any atom is 0.155 e. The van der Waals surface area contributed by atoms with E-state index in [1.165, 1.54) is 19.9 Å². The van der Waals surface area contributed by atoms with E-state index in [1.807, 2.05) is 42.5 Å². The number of para-hydroxylation sites is 2. The van der Waals surface area contributed by atoms with E-state index in [9.17, 15) is 4.79 Å². The molecule has 0 saturated carbocycles. The van der Waals surface area contributed by atoms with Crippen molar-refractivity contribution in [3.05, 3.63) is 90.2 Å². The number of ketones is 1. The minimum absolute atomic E-state index is 0. The van der Waals surface area contributed by atoms with Gasteiger partial charge in [0.15, 0.2) is 5.78 Å². The smallest absolute Gasteiger partial charge is 0.155 e. The predicted octanol–water partition coefficient (Wildman–Crippen LogP) is 6.51. The number of pyridine rings is 1. The summed E-state index contributed by atoms with van der Waals surface area (Å²) in [5.41, 5.74) is 4.63. The fourth-order valence-corrected chi connectivity index (χ4v) is 3.55. The van der Waals surface area contributed by atoms with Crippen LogP contribution in [-0.2, 0) is 24.9 Å². The summed E-state index contributed by atoms with van der Waals surface area (Å²) in [7, 11) is 0. The van der Waals surface area contributed by atoms with Crippen LogP contribution in [0.3, 0.4) is 0 Å². The molecule has 2 heterocycles. The number of allylic oxidation sites excluding steroid dienone is 2. The summed E-state index contributed by atoms with van der Waals surface area (Å²) < 4.78 is 6.16. The van der Waals surface area contributed by atoms with Gasteiger partial charge in [0.2, 0.25) is 0 Å². The van der Waals surface area contributed by atoms with Crippen LogP contribution in [-0.4, -0.2) is 15.9 Å². The monoisotopic (exact) mass is 612 g/mol. The van der Waals surface area contributed by atoms with Gasteiger partial charge in [0.05, 0.1) is 11.3 Å². The van der Waals surface area contributed by atoms with E-state index in [-0.39, 0.29) is 31.6 Å². The molecule has 0 atom stereocenters. The van der Waals surface area contributed by atoms with Crippen LogP contribution in [0, 0.1) is 17.4 Å². The van der Waals surface area contributed by atoms with E-state index >= 15 is 0 Å². The molecule has 0 aliphatic rings. The third-order valence-corrected chi connectivity index (χ3v) is 4.83. The minimum atomic E-state index is -0.125. The predicted molar refractivity (Wildman–Crippen MR) is 125 cm³/mol. The van der Waals surface area contributed by atoms with Crippen LogP contribution in [0.15, 0.2) is 83.0 Å². The van der Waals surface area contributed by atoms with Crippen molar-refractivity contribution < 1.29 is 34.4 Å². The standard InChI is InChI=1S/C22H11N2O.C5H8O2.Ir/c23-13-14-9-11-15(12-10-14)21-22-20(16-5-1-3-7-18(16)24-21)17-6-2-4-8-19(17)25-22;1-4(6)3-5(2)7;/h1-11H;3,6H,1-2H3;/q-1;;/b;4-3-;. The van der Waals surface area contributed by atoms with Crippen molar-refractivity contribution in [2.75, 3.05) is 0 Å². The zero-order chi connectivity index (χ0) is 22.7. The zero-order valence-electron chi connectivity index (χ0n) is 17.9. The number of nitriles is 1. The Morgan fingerprint density at radius 1 is 1.06 bits per heavy atom. The molecule has 3 aromatic carbocycles. The number of carbonyl (C=O) groups excluding carboxylic acids is 1. The van der Waals surface area contributed by atoms with Gasteiger partial charge in [0.1, 0.15) is 11.2 Å². The summed E-state index contributed by atoms with van der Waals surface area (Å²) in [6.07, 6.45) is 1.17. The topological polar surface area (TPSA) is 87.1 Å². The van der Waals surface area contributed by atoms with Crippen LogP contribution >= 0.6 is 0 Å². The number of carbonyl (C=O) groups is 1. The number of fused-ring (bicyclic) bond motifs is 5. The van der Waals surface area contributed by atoms with E-state index < -0.39 is 0 Å². The molecule has 6 heteroatoms. The van der Waals surface area contributed by atoms with Gasteiger partial charge < -0.3 is 9.52 Å². The summed E-state index contributed by atoms with van der Waals surface area (Å²) >= 11 is 0. The van der Waals surface area contributed by atoms with Crippen LogP contribution in [0.1, 0.15) is 19.4 Å². The average Bonchev–Trinajstić information content (AvgIpc) is 3.18. The molecule has 0 bridgehead atoms. The summed E-state index contributed by atoms with van der Waals surface area (Å²) in [5.74, 6) is -0.0625. The quantitative estimate of drug-likeness (QED) is 0.140. The number of hydrogen-bond acceptors (Lipinski definition) is 5. The van der Waals surface area contributed by atoms with Crippen molar-refractivity contribution in [2.45, 2.75) is 13.8 Å². The van der Waals surface area contributed by atoms with Crippen LogP contribution in [0.25, 0.3) is 44.1 Å². The van der Waals surface area contributed by atoms with Gasteiger partial charge in [0, 0.05) is 54.1 Å². The molecule has 0 spiro atoms. The molecule has 5 nitrogen and oxygen atoms in total. The number of hydrogen-bond donors (Lipinski definition) is 1. The second-order valence-corrected chi connectivity index (χ2v) is 7.28. The Morgan fingerprint density at radius 3 is 2.36 bits per heavy atom. The maximum absolute atomic E-state index is 10.0. The molecule has 1 radical (unpaired) electrons. The number of rotatable bonds is 2. The van der Waals surface area contributed by atoms with Crippen molar-refractivity contribution >= 4 is 38.6 Å². The van der Waals surface area contributed by atoms with E-state index in [4.69, 9.17) is 19.8 Å². The van der Waals surface area contributed by atoms with Crippen molar-refractivity contribution in [3.63, 3.8) is 0 Å². The molecule has 2 aromatic heterocycles. The first-order valence-corrected chi connectivity index (χ1v) is 9.98. The van der Waals surface area contributed by atoms with Gasteiger partial charge in [-0.2, -0.15) is 0 Å². The average molecular weight is 612 g/mol. The fourth-order valence-electron chi connectivity index (χ4n) is 3.55. The van der Waals surface area contributed by atoms with Crippen molar-refractivity contribution in [1.29, 1.82) is 5.26 Å². The second kappa shape index (κ2) is 10.2. The van der Waals surface area contributed by atoms with Gasteiger partial charge >= 0.3 is 0 Å². The Labute approximate surface area is 204 Å². The molecule has 5 rings (SSSR count). The Hall–Kier alpha value is -3.78. The molecular weight excluding hydrogens is 593 g/mol. The first-order chi connectivity index (χ1) is 15.5.